The molecule has 3 rings (SSSR count). The number of likely N-dealkylation sites (N-methyl/N-ethyl adjacent to an activating group) is 1. The molecule has 1 aromatic carbocycles. The first-order valence-corrected chi connectivity index (χ1v) is 10.2. The monoisotopic (exact) mass is 419 g/mol. The Morgan fingerprint density at radius 2 is 1.93 bits per heavy atom. The molecule has 2 aromatic rings. The van der Waals surface area contributed by atoms with Crippen LogP contribution in [0.3, 0.4) is 0 Å². The lowest BCUT2D eigenvalue weighted by Crippen LogP contribution is -2.45. The van der Waals surface area contributed by atoms with Crippen LogP contribution >= 0.6 is 22.9 Å². The molecule has 1 atom stereocenters. The number of carbonyl (C=O) groups excluding carboxylic acids is 3. The molecule has 1 aliphatic rings. The van der Waals surface area contributed by atoms with Gasteiger partial charge in [-0.2, -0.15) is 0 Å². The molecule has 0 spiro atoms. The van der Waals surface area contributed by atoms with E-state index < -0.39 is 11.6 Å². The zero-order valence-electron chi connectivity index (χ0n) is 15.8. The smallest absolute Gasteiger partial charge is 0.325 e. The maximum atomic E-state index is 13.2. The summed E-state index contributed by atoms with van der Waals surface area (Å²) in [6.07, 6.45) is 1.18. The molecule has 148 valence electrons. The number of benzene rings is 1. The van der Waals surface area contributed by atoms with E-state index in [-0.39, 0.29) is 18.4 Å². The summed E-state index contributed by atoms with van der Waals surface area (Å²) in [4.78, 5) is 41.9. The summed E-state index contributed by atoms with van der Waals surface area (Å²) < 4.78 is 0.650. The van der Waals surface area contributed by atoms with Crippen molar-refractivity contribution in [3.05, 3.63) is 57.2 Å². The number of hydrogen-bond donors (Lipinski definition) is 1. The largest absolute Gasteiger partial charge is 0.339 e. The van der Waals surface area contributed by atoms with Gasteiger partial charge in [-0.25, -0.2) is 4.79 Å². The number of rotatable bonds is 7. The Balaban J connectivity index is 1.76. The van der Waals surface area contributed by atoms with Crippen LogP contribution in [0.5, 0.6) is 0 Å². The number of amides is 4. The molecule has 4 amide bonds. The van der Waals surface area contributed by atoms with Gasteiger partial charge in [-0.05, 0) is 24.1 Å². The predicted octanol–water partition coefficient (Wildman–Crippen LogP) is 3.61. The first-order chi connectivity index (χ1) is 13.4. The first kappa shape index (κ1) is 20.4. The summed E-state index contributed by atoms with van der Waals surface area (Å²) in [6.45, 7) is 2.04. The molecule has 0 bridgehead atoms. The number of nitrogens with zero attached hydrogens (tertiary/aromatic N) is 2. The van der Waals surface area contributed by atoms with Crippen molar-refractivity contribution in [1.82, 2.24) is 15.1 Å². The topological polar surface area (TPSA) is 69.7 Å². The van der Waals surface area contributed by atoms with E-state index in [1.54, 1.807) is 13.1 Å². The lowest BCUT2D eigenvalue weighted by molar-refractivity contribution is -0.139. The summed E-state index contributed by atoms with van der Waals surface area (Å²) in [5.41, 5.74) is -0.389. The highest BCUT2D eigenvalue weighted by Gasteiger charge is 2.52. The molecular weight excluding hydrogens is 398 g/mol. The number of nitrogens with one attached hydrogen (secondary N) is 1. The van der Waals surface area contributed by atoms with E-state index in [0.29, 0.717) is 23.7 Å². The predicted molar refractivity (Wildman–Crippen MR) is 109 cm³/mol. The van der Waals surface area contributed by atoms with Gasteiger partial charge in [-0.15, -0.1) is 11.3 Å². The van der Waals surface area contributed by atoms with Gasteiger partial charge >= 0.3 is 6.03 Å². The van der Waals surface area contributed by atoms with Crippen molar-refractivity contribution in [1.29, 1.82) is 0 Å². The molecule has 0 radical (unpaired) electrons. The van der Waals surface area contributed by atoms with Crippen molar-refractivity contribution in [2.75, 3.05) is 13.6 Å². The average Bonchev–Trinajstić information content (AvgIpc) is 3.19. The molecule has 8 heteroatoms. The van der Waals surface area contributed by atoms with E-state index in [1.165, 1.54) is 16.2 Å². The molecule has 1 N–H and O–H groups in total. The Bertz CT molecular complexity index is 886. The minimum Gasteiger partial charge on any atom is -0.339 e. The van der Waals surface area contributed by atoms with Gasteiger partial charge in [0.2, 0.25) is 5.91 Å². The number of urea groups is 1. The Hall–Kier alpha value is -2.38. The van der Waals surface area contributed by atoms with Gasteiger partial charge < -0.3 is 10.2 Å². The molecule has 6 nitrogen and oxygen atoms in total. The van der Waals surface area contributed by atoms with Crippen LogP contribution in [0, 0.1) is 0 Å². The Kier molecular flexibility index (Phi) is 6.05. The van der Waals surface area contributed by atoms with Crippen LogP contribution in [0.15, 0.2) is 42.5 Å². The van der Waals surface area contributed by atoms with Crippen LogP contribution in [0.1, 0.15) is 30.2 Å². The highest BCUT2D eigenvalue weighted by Crippen LogP contribution is 2.33. The summed E-state index contributed by atoms with van der Waals surface area (Å²) >= 11 is 7.32. The van der Waals surface area contributed by atoms with E-state index in [1.807, 2.05) is 43.3 Å². The second-order valence-electron chi connectivity index (χ2n) is 6.80. The summed E-state index contributed by atoms with van der Waals surface area (Å²) in [7, 11) is 1.64. The fourth-order valence-corrected chi connectivity index (χ4v) is 4.53. The zero-order chi connectivity index (χ0) is 20.3. The van der Waals surface area contributed by atoms with Crippen LogP contribution in [0.25, 0.3) is 0 Å². The Labute approximate surface area is 173 Å². The molecule has 2 heterocycles. The van der Waals surface area contributed by atoms with Gasteiger partial charge in [0.25, 0.3) is 5.91 Å². The summed E-state index contributed by atoms with van der Waals surface area (Å²) in [6, 6.07) is 12.3. The SMILES string of the molecule is CCC[C@@]1(c2ccccc2)NC(=O)N(CC(=O)N(C)Cc2ccc(Cl)s2)C1=O. The van der Waals surface area contributed by atoms with Crippen molar-refractivity contribution in [2.24, 2.45) is 0 Å². The Morgan fingerprint density at radius 1 is 1.21 bits per heavy atom. The number of thiophene rings is 1. The van der Waals surface area contributed by atoms with Gasteiger partial charge in [0, 0.05) is 11.9 Å². The van der Waals surface area contributed by atoms with Crippen molar-refractivity contribution in [2.45, 2.75) is 31.8 Å². The van der Waals surface area contributed by atoms with Crippen LogP contribution in [0.4, 0.5) is 4.79 Å². The highest BCUT2D eigenvalue weighted by molar-refractivity contribution is 7.16. The third-order valence-electron chi connectivity index (χ3n) is 4.81. The molecule has 1 aliphatic heterocycles. The fraction of sp³-hybridized carbons (Fsp3) is 0.350. The van der Waals surface area contributed by atoms with Gasteiger partial charge in [-0.3, -0.25) is 14.5 Å². The molecule has 1 fully saturated rings. The standard InChI is InChI=1S/C20H22ClN3O3S/c1-3-11-20(14-7-5-4-6-8-14)18(26)24(19(27)22-20)13-17(25)23(2)12-15-9-10-16(21)28-15/h4-10H,3,11-13H2,1-2H3,(H,22,27)/t20-/m0/s1. The number of halogens is 1. The molecule has 1 aromatic heterocycles. The first-order valence-electron chi connectivity index (χ1n) is 9.05. The number of hydrogen-bond acceptors (Lipinski definition) is 4. The van der Waals surface area contributed by atoms with E-state index in [0.717, 1.165) is 15.3 Å². The van der Waals surface area contributed by atoms with Crippen molar-refractivity contribution in [3.8, 4) is 0 Å². The second-order valence-corrected chi connectivity index (χ2v) is 8.60. The molecule has 0 unspecified atom stereocenters. The zero-order valence-corrected chi connectivity index (χ0v) is 17.3. The molecular formula is C20H22ClN3O3S. The molecule has 0 saturated carbocycles. The van der Waals surface area contributed by atoms with Crippen LogP contribution in [-0.4, -0.2) is 41.2 Å². The quantitative estimate of drug-likeness (QED) is 0.697. The van der Waals surface area contributed by atoms with E-state index in [9.17, 15) is 14.4 Å². The number of carbonyl (C=O) groups is 3. The van der Waals surface area contributed by atoms with Gasteiger partial charge in [0.1, 0.15) is 12.1 Å². The molecule has 1 saturated heterocycles. The van der Waals surface area contributed by atoms with E-state index in [2.05, 4.69) is 5.32 Å². The minimum absolute atomic E-state index is 0.293. The molecule has 0 aliphatic carbocycles. The lowest BCUT2D eigenvalue weighted by Gasteiger charge is -2.27. The second kappa shape index (κ2) is 8.32. The van der Waals surface area contributed by atoms with Crippen molar-refractivity contribution in [3.63, 3.8) is 0 Å². The van der Waals surface area contributed by atoms with E-state index >= 15 is 0 Å². The van der Waals surface area contributed by atoms with Crippen molar-refractivity contribution < 1.29 is 14.4 Å². The third kappa shape index (κ3) is 3.91. The average molecular weight is 420 g/mol. The molecule has 28 heavy (non-hydrogen) atoms. The van der Waals surface area contributed by atoms with E-state index in [4.69, 9.17) is 11.6 Å². The van der Waals surface area contributed by atoms with Crippen molar-refractivity contribution >= 4 is 40.8 Å². The fourth-order valence-electron chi connectivity index (χ4n) is 3.39. The van der Waals surface area contributed by atoms with Gasteiger partial charge in [0.05, 0.1) is 10.9 Å². The lowest BCUT2D eigenvalue weighted by atomic mass is 9.85. The van der Waals surface area contributed by atoms with Gasteiger partial charge in [0.15, 0.2) is 0 Å². The third-order valence-corrected chi connectivity index (χ3v) is 6.02. The van der Waals surface area contributed by atoms with Crippen LogP contribution in [-0.2, 0) is 21.7 Å². The maximum absolute atomic E-state index is 13.2. The maximum Gasteiger partial charge on any atom is 0.325 e. The number of imide groups is 1. The van der Waals surface area contributed by atoms with Gasteiger partial charge in [-0.1, -0.05) is 55.3 Å². The highest BCUT2D eigenvalue weighted by atomic mass is 35.5. The normalized spacial score (nSPS) is 19.0. The summed E-state index contributed by atoms with van der Waals surface area (Å²) in [5.74, 6) is -0.695. The van der Waals surface area contributed by atoms with Crippen LogP contribution < -0.4 is 5.32 Å². The van der Waals surface area contributed by atoms with Crippen LogP contribution in [0.2, 0.25) is 4.34 Å². The summed E-state index contributed by atoms with van der Waals surface area (Å²) in [5, 5.41) is 2.83. The Morgan fingerprint density at radius 3 is 2.54 bits per heavy atom. The minimum atomic E-state index is -1.12.